The Bertz CT molecular complexity index is 661. The molecule has 1 heterocycles. The minimum Gasteiger partial charge on any atom is -0.497 e. The first-order chi connectivity index (χ1) is 9.71. The zero-order chi connectivity index (χ0) is 14.1. The molecule has 0 radical (unpaired) electrons. The van der Waals surface area contributed by atoms with Gasteiger partial charge in [-0.3, -0.25) is 5.14 Å². The minimum atomic E-state index is -0.321. The number of hydrogen-bond acceptors (Lipinski definition) is 4. The van der Waals surface area contributed by atoms with Crippen LogP contribution in [0.3, 0.4) is 0 Å². The topological polar surface area (TPSA) is 44.5 Å². The molecule has 0 aromatic heterocycles. The van der Waals surface area contributed by atoms with Gasteiger partial charge in [-0.1, -0.05) is 0 Å². The molecule has 0 spiro atoms. The molecule has 20 heavy (non-hydrogen) atoms. The van der Waals surface area contributed by atoms with Gasteiger partial charge in [-0.05, 0) is 52.9 Å². The lowest BCUT2D eigenvalue weighted by Gasteiger charge is -2.10. The Labute approximate surface area is 121 Å². The van der Waals surface area contributed by atoms with Crippen LogP contribution in [-0.4, -0.2) is 13.7 Å². The van der Waals surface area contributed by atoms with E-state index in [2.05, 4.69) is 0 Å². The van der Waals surface area contributed by atoms with E-state index in [9.17, 15) is 4.39 Å². The molecule has 1 aliphatic heterocycles. The van der Waals surface area contributed by atoms with Crippen molar-refractivity contribution in [1.29, 1.82) is 0 Å². The van der Waals surface area contributed by atoms with Crippen LogP contribution < -0.4 is 14.6 Å². The first-order valence-electron chi connectivity index (χ1n) is 6.22. The Kier molecular flexibility index (Phi) is 3.54. The molecule has 5 heteroatoms. The monoisotopic (exact) mass is 291 g/mol. The third-order valence-electron chi connectivity index (χ3n) is 3.32. The Morgan fingerprint density at radius 2 is 2.00 bits per heavy atom. The van der Waals surface area contributed by atoms with Crippen molar-refractivity contribution in [1.82, 2.24) is 0 Å². The minimum absolute atomic E-state index is 0.321. The largest absolute Gasteiger partial charge is 0.497 e. The van der Waals surface area contributed by atoms with Gasteiger partial charge in [0.05, 0.1) is 18.6 Å². The molecule has 3 rings (SSSR count). The van der Waals surface area contributed by atoms with E-state index in [-0.39, 0.29) is 5.82 Å². The van der Waals surface area contributed by atoms with Crippen LogP contribution in [0.2, 0.25) is 0 Å². The lowest BCUT2D eigenvalue weighted by atomic mass is 10.0. The van der Waals surface area contributed by atoms with Gasteiger partial charge in [0.25, 0.3) is 0 Å². The highest BCUT2D eigenvalue weighted by molar-refractivity contribution is 7.97. The molecule has 104 valence electrons. The molecule has 3 nitrogen and oxygen atoms in total. The Morgan fingerprint density at radius 3 is 2.75 bits per heavy atom. The molecule has 2 aromatic rings. The number of hydrogen-bond donors (Lipinski definition) is 1. The molecule has 0 saturated carbocycles. The smallest absolute Gasteiger partial charge is 0.137 e. The van der Waals surface area contributed by atoms with Gasteiger partial charge >= 0.3 is 0 Å². The van der Waals surface area contributed by atoms with Crippen LogP contribution >= 0.6 is 11.9 Å². The molecule has 0 bridgehead atoms. The molecular formula is C15H14FNO2S. The second kappa shape index (κ2) is 5.34. The summed E-state index contributed by atoms with van der Waals surface area (Å²) in [7, 11) is 1.52. The highest BCUT2D eigenvalue weighted by Gasteiger charge is 2.18. The average molecular weight is 291 g/mol. The van der Waals surface area contributed by atoms with E-state index in [1.807, 2.05) is 18.2 Å². The number of benzene rings is 2. The highest BCUT2D eigenvalue weighted by atomic mass is 32.2. The average Bonchev–Trinajstić information content (AvgIpc) is 2.93. The van der Waals surface area contributed by atoms with Crippen LogP contribution in [0, 0.1) is 5.82 Å². The molecular weight excluding hydrogens is 277 g/mol. The fourth-order valence-corrected chi connectivity index (χ4v) is 2.87. The normalized spacial score (nSPS) is 12.9. The second-order valence-electron chi connectivity index (χ2n) is 4.56. The maximum Gasteiger partial charge on any atom is 0.137 e. The fraction of sp³-hybridized carbons (Fsp3) is 0.200. The summed E-state index contributed by atoms with van der Waals surface area (Å²) in [5, 5.41) is 5.69. The van der Waals surface area contributed by atoms with Crippen molar-refractivity contribution in [2.45, 2.75) is 11.3 Å². The fourth-order valence-electron chi connectivity index (χ4n) is 2.37. The third kappa shape index (κ3) is 2.34. The third-order valence-corrected chi connectivity index (χ3v) is 3.87. The zero-order valence-corrected chi connectivity index (χ0v) is 11.8. The van der Waals surface area contributed by atoms with E-state index in [0.717, 1.165) is 45.7 Å². The van der Waals surface area contributed by atoms with Crippen molar-refractivity contribution >= 4 is 11.9 Å². The standard InChI is InChI=1S/C15H14FNO2S/c1-18-13-6-11(5-12(16)8-13)10-4-9-2-3-19-15(9)14(7-10)20-17/h4-8H,2-3,17H2,1H3. The van der Waals surface area contributed by atoms with Gasteiger partial charge in [-0.15, -0.1) is 0 Å². The van der Waals surface area contributed by atoms with E-state index in [4.69, 9.17) is 14.6 Å². The maximum atomic E-state index is 13.6. The summed E-state index contributed by atoms with van der Waals surface area (Å²) in [6, 6.07) is 8.61. The van der Waals surface area contributed by atoms with Gasteiger partial charge in [0.2, 0.25) is 0 Å². The summed E-state index contributed by atoms with van der Waals surface area (Å²) in [6.45, 7) is 0.665. The molecule has 2 aromatic carbocycles. The predicted octanol–water partition coefficient (Wildman–Crippen LogP) is 3.40. The van der Waals surface area contributed by atoms with Gasteiger partial charge in [0.1, 0.15) is 17.3 Å². The van der Waals surface area contributed by atoms with Gasteiger partial charge in [-0.25, -0.2) is 4.39 Å². The molecule has 0 aliphatic carbocycles. The van der Waals surface area contributed by atoms with Crippen molar-refractivity contribution < 1.29 is 13.9 Å². The van der Waals surface area contributed by atoms with E-state index in [1.54, 1.807) is 0 Å². The number of nitrogens with two attached hydrogens (primary N) is 1. The summed E-state index contributed by atoms with van der Waals surface area (Å²) < 4.78 is 24.3. The molecule has 0 saturated heterocycles. The summed E-state index contributed by atoms with van der Waals surface area (Å²) >= 11 is 1.15. The Hall–Kier alpha value is -1.72. The molecule has 0 unspecified atom stereocenters. The second-order valence-corrected chi connectivity index (χ2v) is 5.23. The van der Waals surface area contributed by atoms with Crippen LogP contribution in [0.4, 0.5) is 4.39 Å². The van der Waals surface area contributed by atoms with E-state index in [1.165, 1.54) is 19.2 Å². The highest BCUT2D eigenvalue weighted by Crippen LogP contribution is 2.39. The lowest BCUT2D eigenvalue weighted by Crippen LogP contribution is -1.91. The zero-order valence-electron chi connectivity index (χ0n) is 11.0. The van der Waals surface area contributed by atoms with Crippen LogP contribution in [0.15, 0.2) is 35.2 Å². The number of rotatable bonds is 3. The van der Waals surface area contributed by atoms with Crippen LogP contribution in [0.5, 0.6) is 11.5 Å². The number of methoxy groups -OCH3 is 1. The Balaban J connectivity index is 2.13. The molecule has 0 fully saturated rings. The summed E-state index contributed by atoms with van der Waals surface area (Å²) in [5.74, 6) is 1.03. The Morgan fingerprint density at radius 1 is 1.20 bits per heavy atom. The molecule has 0 amide bonds. The van der Waals surface area contributed by atoms with Crippen molar-refractivity contribution in [2.24, 2.45) is 5.14 Å². The van der Waals surface area contributed by atoms with Crippen LogP contribution in [0.1, 0.15) is 5.56 Å². The van der Waals surface area contributed by atoms with Crippen molar-refractivity contribution in [3.05, 3.63) is 41.7 Å². The van der Waals surface area contributed by atoms with Crippen LogP contribution in [-0.2, 0) is 6.42 Å². The molecule has 0 atom stereocenters. The van der Waals surface area contributed by atoms with Gasteiger partial charge < -0.3 is 9.47 Å². The first kappa shape index (κ1) is 13.3. The number of fused-ring (bicyclic) bond motifs is 1. The van der Waals surface area contributed by atoms with Gasteiger partial charge in [0.15, 0.2) is 0 Å². The van der Waals surface area contributed by atoms with Crippen molar-refractivity contribution in [3.8, 4) is 22.6 Å². The summed E-state index contributed by atoms with van der Waals surface area (Å²) in [6.07, 6.45) is 0.850. The summed E-state index contributed by atoms with van der Waals surface area (Å²) in [4.78, 5) is 0.873. The summed E-state index contributed by atoms with van der Waals surface area (Å²) in [5.41, 5.74) is 2.80. The first-order valence-corrected chi connectivity index (χ1v) is 7.10. The SMILES string of the molecule is COc1cc(F)cc(-c2cc3c(c(SN)c2)OCC3)c1. The quantitative estimate of drug-likeness (QED) is 0.880. The van der Waals surface area contributed by atoms with Crippen molar-refractivity contribution in [2.75, 3.05) is 13.7 Å². The van der Waals surface area contributed by atoms with Crippen molar-refractivity contribution in [3.63, 3.8) is 0 Å². The molecule has 1 aliphatic rings. The number of halogens is 1. The maximum absolute atomic E-state index is 13.6. The van der Waals surface area contributed by atoms with E-state index >= 15 is 0 Å². The van der Waals surface area contributed by atoms with E-state index in [0.29, 0.717) is 12.4 Å². The number of ether oxygens (including phenoxy) is 2. The lowest BCUT2D eigenvalue weighted by molar-refractivity contribution is 0.350. The van der Waals surface area contributed by atoms with Crippen LogP contribution in [0.25, 0.3) is 11.1 Å². The predicted molar refractivity (Wildman–Crippen MR) is 77.6 cm³/mol. The molecule has 2 N–H and O–H groups in total. The van der Waals surface area contributed by atoms with Gasteiger partial charge in [-0.2, -0.15) is 0 Å². The van der Waals surface area contributed by atoms with Gasteiger partial charge in [0, 0.05) is 12.5 Å². The van der Waals surface area contributed by atoms with E-state index < -0.39 is 0 Å².